The maximum atomic E-state index is 13.3. The zero-order chi connectivity index (χ0) is 15.5. The lowest BCUT2D eigenvalue weighted by molar-refractivity contribution is 0.452. The topological polar surface area (TPSA) is 47.9 Å². The van der Waals surface area contributed by atoms with Gasteiger partial charge in [0.05, 0.1) is 0 Å². The average Bonchev–Trinajstić information content (AvgIpc) is 2.52. The van der Waals surface area contributed by atoms with Crippen LogP contribution in [0.5, 0.6) is 11.6 Å². The molecule has 1 aromatic carbocycles. The summed E-state index contributed by atoms with van der Waals surface area (Å²) in [6.07, 6.45) is 3.36. The van der Waals surface area contributed by atoms with E-state index in [2.05, 4.69) is 15.0 Å². The van der Waals surface area contributed by atoms with Gasteiger partial charge in [0.25, 0.3) is 0 Å². The van der Waals surface area contributed by atoms with E-state index in [0.717, 1.165) is 16.8 Å². The molecule has 2 aromatic heterocycles. The van der Waals surface area contributed by atoms with Crippen LogP contribution in [0, 0.1) is 19.7 Å². The Morgan fingerprint density at radius 3 is 2.50 bits per heavy atom. The van der Waals surface area contributed by atoms with Gasteiger partial charge in [-0.1, -0.05) is 6.07 Å². The minimum atomic E-state index is -0.352. The molecule has 0 aliphatic heterocycles. The summed E-state index contributed by atoms with van der Waals surface area (Å²) in [6, 6.07) is 9.63. The van der Waals surface area contributed by atoms with E-state index in [1.807, 2.05) is 26.0 Å². The van der Waals surface area contributed by atoms with Crippen LogP contribution in [0.15, 0.2) is 48.8 Å². The predicted molar refractivity (Wildman–Crippen MR) is 81.2 cm³/mol. The maximum Gasteiger partial charge on any atom is 0.226 e. The Bertz CT molecular complexity index is 806. The first-order valence-electron chi connectivity index (χ1n) is 6.82. The van der Waals surface area contributed by atoms with Crippen LogP contribution in [0.25, 0.3) is 11.4 Å². The summed E-state index contributed by atoms with van der Waals surface area (Å²) in [6.45, 7) is 3.76. The molecule has 0 spiro atoms. The first-order valence-corrected chi connectivity index (χ1v) is 6.82. The van der Waals surface area contributed by atoms with Gasteiger partial charge in [0.2, 0.25) is 5.88 Å². The summed E-state index contributed by atoms with van der Waals surface area (Å²) >= 11 is 0. The summed E-state index contributed by atoms with van der Waals surface area (Å²) in [5.41, 5.74) is 2.48. The normalized spacial score (nSPS) is 10.5. The fourth-order valence-corrected chi connectivity index (χ4v) is 1.97. The Labute approximate surface area is 127 Å². The molecule has 3 aromatic rings. The highest BCUT2D eigenvalue weighted by Gasteiger charge is 2.12. The number of halogens is 1. The Hall–Kier alpha value is -2.82. The van der Waals surface area contributed by atoms with Crippen molar-refractivity contribution in [3.05, 3.63) is 65.9 Å². The predicted octanol–water partition coefficient (Wildman–Crippen LogP) is 4.09. The number of rotatable bonds is 3. The molecule has 110 valence electrons. The summed E-state index contributed by atoms with van der Waals surface area (Å²) in [7, 11) is 0. The molecule has 2 heterocycles. The second-order valence-corrected chi connectivity index (χ2v) is 4.86. The van der Waals surface area contributed by atoms with Crippen molar-refractivity contribution in [2.24, 2.45) is 0 Å². The van der Waals surface area contributed by atoms with Gasteiger partial charge in [-0.2, -0.15) is 4.98 Å². The van der Waals surface area contributed by atoms with Gasteiger partial charge in [-0.25, -0.2) is 9.37 Å². The highest BCUT2D eigenvalue weighted by molar-refractivity contribution is 5.55. The van der Waals surface area contributed by atoms with Crippen molar-refractivity contribution in [1.82, 2.24) is 15.0 Å². The van der Waals surface area contributed by atoms with Gasteiger partial charge in [0.1, 0.15) is 11.6 Å². The van der Waals surface area contributed by atoms with E-state index < -0.39 is 0 Å². The van der Waals surface area contributed by atoms with Crippen LogP contribution in [0.2, 0.25) is 0 Å². The molecular formula is C17H14FN3O. The number of benzene rings is 1. The minimum Gasteiger partial charge on any atom is -0.439 e. The summed E-state index contributed by atoms with van der Waals surface area (Å²) < 4.78 is 19.0. The summed E-state index contributed by atoms with van der Waals surface area (Å²) in [5, 5.41) is 0. The molecule has 0 unspecified atom stereocenters. The van der Waals surface area contributed by atoms with Gasteiger partial charge in [-0.05, 0) is 38.1 Å². The number of nitrogens with zero attached hydrogens (tertiary/aromatic N) is 3. The van der Waals surface area contributed by atoms with Crippen molar-refractivity contribution in [3.63, 3.8) is 0 Å². The molecule has 0 radical (unpaired) electrons. The number of hydrogen-bond acceptors (Lipinski definition) is 4. The third-order valence-electron chi connectivity index (χ3n) is 3.29. The monoisotopic (exact) mass is 295 g/mol. The molecule has 0 aliphatic carbocycles. The van der Waals surface area contributed by atoms with Crippen molar-refractivity contribution < 1.29 is 9.13 Å². The smallest absolute Gasteiger partial charge is 0.226 e. The molecular weight excluding hydrogens is 281 g/mol. The van der Waals surface area contributed by atoms with Crippen LogP contribution in [0.4, 0.5) is 4.39 Å². The van der Waals surface area contributed by atoms with Gasteiger partial charge >= 0.3 is 0 Å². The van der Waals surface area contributed by atoms with Gasteiger partial charge in [0.15, 0.2) is 5.82 Å². The molecule has 0 aliphatic rings. The van der Waals surface area contributed by atoms with Crippen LogP contribution < -0.4 is 4.74 Å². The molecule has 22 heavy (non-hydrogen) atoms. The standard InChI is InChI=1S/C17H14FN3O/c1-11-12(2)20-16(13-6-8-19-9-7-13)21-17(11)22-15-5-3-4-14(18)10-15/h3-10H,1-2H3. The highest BCUT2D eigenvalue weighted by atomic mass is 19.1. The molecule has 0 saturated carbocycles. The second-order valence-electron chi connectivity index (χ2n) is 4.86. The maximum absolute atomic E-state index is 13.3. The molecule has 5 heteroatoms. The molecule has 0 fully saturated rings. The van der Waals surface area contributed by atoms with E-state index in [1.54, 1.807) is 24.5 Å². The fourth-order valence-electron chi connectivity index (χ4n) is 1.97. The highest BCUT2D eigenvalue weighted by Crippen LogP contribution is 2.27. The lowest BCUT2D eigenvalue weighted by Gasteiger charge is -2.11. The van der Waals surface area contributed by atoms with E-state index in [0.29, 0.717) is 17.5 Å². The molecule has 0 amide bonds. The van der Waals surface area contributed by atoms with E-state index >= 15 is 0 Å². The van der Waals surface area contributed by atoms with Crippen LogP contribution >= 0.6 is 0 Å². The van der Waals surface area contributed by atoms with E-state index in [4.69, 9.17) is 4.74 Å². The minimum absolute atomic E-state index is 0.352. The van der Waals surface area contributed by atoms with Crippen molar-refractivity contribution in [1.29, 1.82) is 0 Å². The third-order valence-corrected chi connectivity index (χ3v) is 3.29. The molecule has 3 rings (SSSR count). The second kappa shape index (κ2) is 5.89. The Morgan fingerprint density at radius 1 is 1.00 bits per heavy atom. The number of ether oxygens (including phenoxy) is 1. The van der Waals surface area contributed by atoms with Crippen molar-refractivity contribution >= 4 is 0 Å². The largest absolute Gasteiger partial charge is 0.439 e. The van der Waals surface area contributed by atoms with Crippen molar-refractivity contribution in [2.45, 2.75) is 13.8 Å². The number of pyridine rings is 1. The van der Waals surface area contributed by atoms with Crippen LogP contribution in [-0.2, 0) is 0 Å². The van der Waals surface area contributed by atoms with E-state index in [9.17, 15) is 4.39 Å². The molecule has 4 nitrogen and oxygen atoms in total. The lowest BCUT2D eigenvalue weighted by atomic mass is 10.2. The number of aryl methyl sites for hydroxylation is 1. The Kier molecular flexibility index (Phi) is 3.78. The first-order chi connectivity index (χ1) is 10.6. The van der Waals surface area contributed by atoms with Crippen molar-refractivity contribution in [2.75, 3.05) is 0 Å². The van der Waals surface area contributed by atoms with Crippen LogP contribution in [0.3, 0.4) is 0 Å². The Balaban J connectivity index is 2.02. The fraction of sp³-hybridized carbons (Fsp3) is 0.118. The van der Waals surface area contributed by atoms with Crippen LogP contribution in [0.1, 0.15) is 11.3 Å². The third kappa shape index (κ3) is 2.93. The number of aromatic nitrogens is 3. The van der Waals surface area contributed by atoms with Gasteiger partial charge in [-0.3, -0.25) is 4.98 Å². The summed E-state index contributed by atoms with van der Waals surface area (Å²) in [5.74, 6) is 1.03. The zero-order valence-electron chi connectivity index (χ0n) is 12.2. The SMILES string of the molecule is Cc1nc(-c2ccncc2)nc(Oc2cccc(F)c2)c1C. The first kappa shape index (κ1) is 14.1. The van der Waals surface area contributed by atoms with E-state index in [-0.39, 0.29) is 5.82 Å². The van der Waals surface area contributed by atoms with Gasteiger partial charge in [0, 0.05) is 35.3 Å². The van der Waals surface area contributed by atoms with Gasteiger partial charge < -0.3 is 4.74 Å². The van der Waals surface area contributed by atoms with Crippen molar-refractivity contribution in [3.8, 4) is 23.0 Å². The summed E-state index contributed by atoms with van der Waals surface area (Å²) in [4.78, 5) is 12.9. The molecule has 0 bridgehead atoms. The van der Waals surface area contributed by atoms with Crippen LogP contribution in [-0.4, -0.2) is 15.0 Å². The average molecular weight is 295 g/mol. The zero-order valence-corrected chi connectivity index (χ0v) is 12.2. The van der Waals surface area contributed by atoms with E-state index in [1.165, 1.54) is 12.1 Å². The number of hydrogen-bond donors (Lipinski definition) is 0. The molecule has 0 saturated heterocycles. The lowest BCUT2D eigenvalue weighted by Crippen LogP contribution is -2.00. The quantitative estimate of drug-likeness (QED) is 0.730. The van der Waals surface area contributed by atoms with Gasteiger partial charge in [-0.15, -0.1) is 0 Å². The molecule has 0 atom stereocenters. The molecule has 0 N–H and O–H groups in total. The Morgan fingerprint density at radius 2 is 1.77 bits per heavy atom.